The summed E-state index contributed by atoms with van der Waals surface area (Å²) >= 11 is 1.06. The number of aromatic nitrogens is 4. The van der Waals surface area contributed by atoms with Gasteiger partial charge in [0.15, 0.2) is 5.69 Å². The molecule has 0 bridgehead atoms. The van der Waals surface area contributed by atoms with Gasteiger partial charge in [-0.3, -0.25) is 19.1 Å². The summed E-state index contributed by atoms with van der Waals surface area (Å²) < 4.78 is 14.3. The largest absolute Gasteiger partial charge is 0.469 e. The van der Waals surface area contributed by atoms with Crippen molar-refractivity contribution >= 4 is 35.1 Å². The lowest BCUT2D eigenvalue weighted by atomic mass is 10.1. The molecule has 2 rings (SSSR count). The molecule has 0 unspecified atom stereocenters. The number of amides is 1. The highest BCUT2D eigenvalue weighted by Crippen LogP contribution is 2.19. The van der Waals surface area contributed by atoms with Crippen molar-refractivity contribution in [3.8, 4) is 0 Å². The highest BCUT2D eigenvalue weighted by Gasteiger charge is 2.22. The third-order valence-corrected chi connectivity index (χ3v) is 3.59. The fourth-order valence-electron chi connectivity index (χ4n) is 1.87. The number of carbonyl (C=O) groups excluding carboxylic acids is 3. The van der Waals surface area contributed by atoms with E-state index in [0.29, 0.717) is 5.69 Å². The van der Waals surface area contributed by atoms with Crippen molar-refractivity contribution in [1.29, 1.82) is 0 Å². The average Bonchev–Trinajstić information content (AvgIpc) is 3.25. The molecule has 2 aromatic rings. The molecule has 0 aliphatic rings. The summed E-state index contributed by atoms with van der Waals surface area (Å²) in [6.45, 7) is 0. The lowest BCUT2D eigenvalue weighted by molar-refractivity contribution is -0.144. The van der Waals surface area contributed by atoms with E-state index in [1.807, 2.05) is 0 Å². The van der Waals surface area contributed by atoms with E-state index in [0.717, 1.165) is 11.5 Å². The Morgan fingerprint density at radius 2 is 1.92 bits per heavy atom. The van der Waals surface area contributed by atoms with E-state index in [-0.39, 0.29) is 18.5 Å². The topological polar surface area (TPSA) is 125 Å². The summed E-state index contributed by atoms with van der Waals surface area (Å²) in [5.41, 5.74) is 0.584. The lowest BCUT2D eigenvalue weighted by Crippen LogP contribution is -2.19. The van der Waals surface area contributed by atoms with Crippen LogP contribution in [0, 0.1) is 0 Å². The van der Waals surface area contributed by atoms with Gasteiger partial charge < -0.3 is 14.8 Å². The van der Waals surface area contributed by atoms with Crippen molar-refractivity contribution in [2.24, 2.45) is 0 Å². The van der Waals surface area contributed by atoms with E-state index in [1.54, 1.807) is 0 Å². The normalized spacial score (nSPS) is 10.5. The minimum absolute atomic E-state index is 0.0589. The Hall–Kier alpha value is -2.82. The van der Waals surface area contributed by atoms with Gasteiger partial charge in [0.05, 0.1) is 45.0 Å². The van der Waals surface area contributed by atoms with Crippen molar-refractivity contribution in [1.82, 2.24) is 19.4 Å². The summed E-state index contributed by atoms with van der Waals surface area (Å²) in [6, 6.07) is -0.587. The number of nitrogens with one attached hydrogen (secondary N) is 1. The molecule has 0 fully saturated rings. The van der Waals surface area contributed by atoms with Crippen LogP contribution in [0.1, 0.15) is 29.4 Å². The third-order valence-electron chi connectivity index (χ3n) is 3.09. The Bertz CT molecular complexity index is 696. The van der Waals surface area contributed by atoms with Gasteiger partial charge in [0.2, 0.25) is 0 Å². The standard InChI is InChI=1S/C13H15N5O5S/c1-22-11(19)3-9(4-12(20)23-2)18-6-8(5-14-18)15-13(21)10-7-24-17-16-10/h5-7,9H,3-4H2,1-2H3,(H,15,21). The molecule has 2 heterocycles. The first-order valence-corrected chi connectivity index (χ1v) is 7.63. The predicted octanol–water partition coefficient (Wildman–Crippen LogP) is 0.654. The Morgan fingerprint density at radius 3 is 2.46 bits per heavy atom. The third kappa shape index (κ3) is 4.59. The van der Waals surface area contributed by atoms with Crippen LogP contribution >= 0.6 is 11.5 Å². The van der Waals surface area contributed by atoms with Gasteiger partial charge in [-0.2, -0.15) is 5.10 Å². The molecule has 2 aromatic heterocycles. The van der Waals surface area contributed by atoms with E-state index >= 15 is 0 Å². The van der Waals surface area contributed by atoms with Gasteiger partial charge in [0.1, 0.15) is 0 Å². The molecule has 0 saturated carbocycles. The van der Waals surface area contributed by atoms with Crippen LogP contribution in [0.5, 0.6) is 0 Å². The number of anilines is 1. The van der Waals surface area contributed by atoms with E-state index in [9.17, 15) is 14.4 Å². The zero-order valence-electron chi connectivity index (χ0n) is 13.0. The second-order valence-corrected chi connectivity index (χ2v) is 5.28. The van der Waals surface area contributed by atoms with E-state index in [2.05, 4.69) is 29.5 Å². The zero-order valence-corrected chi connectivity index (χ0v) is 13.8. The van der Waals surface area contributed by atoms with Crippen molar-refractivity contribution in [3.63, 3.8) is 0 Å². The molecule has 0 saturated heterocycles. The first-order chi connectivity index (χ1) is 11.5. The van der Waals surface area contributed by atoms with Crippen LogP contribution in [0.4, 0.5) is 5.69 Å². The van der Waals surface area contributed by atoms with Crippen molar-refractivity contribution in [2.75, 3.05) is 19.5 Å². The first kappa shape index (κ1) is 17.5. The number of hydrogen-bond donors (Lipinski definition) is 1. The summed E-state index contributed by atoms with van der Waals surface area (Å²) in [5, 5.41) is 11.9. The van der Waals surface area contributed by atoms with Gasteiger partial charge in [-0.05, 0) is 11.5 Å². The Morgan fingerprint density at radius 1 is 1.25 bits per heavy atom. The van der Waals surface area contributed by atoms with Crippen LogP contribution < -0.4 is 5.32 Å². The molecule has 0 atom stereocenters. The number of hydrogen-bond acceptors (Lipinski definition) is 9. The summed E-state index contributed by atoms with van der Waals surface area (Å²) in [5.74, 6) is -1.40. The maximum Gasteiger partial charge on any atom is 0.307 e. The van der Waals surface area contributed by atoms with Crippen molar-refractivity contribution in [2.45, 2.75) is 18.9 Å². The van der Waals surface area contributed by atoms with Gasteiger partial charge in [-0.15, -0.1) is 5.10 Å². The van der Waals surface area contributed by atoms with E-state index < -0.39 is 23.9 Å². The van der Waals surface area contributed by atoms with Crippen LogP contribution in [-0.4, -0.2) is 51.4 Å². The molecular weight excluding hydrogens is 338 g/mol. The van der Waals surface area contributed by atoms with Crippen LogP contribution in [-0.2, 0) is 19.1 Å². The van der Waals surface area contributed by atoms with Gasteiger partial charge in [-0.25, -0.2) is 0 Å². The summed E-state index contributed by atoms with van der Waals surface area (Å²) in [6.07, 6.45) is 2.79. The monoisotopic (exact) mass is 353 g/mol. The molecule has 0 spiro atoms. The van der Waals surface area contributed by atoms with Crippen molar-refractivity contribution < 1.29 is 23.9 Å². The molecule has 10 nitrogen and oxygen atoms in total. The summed E-state index contributed by atoms with van der Waals surface area (Å²) in [7, 11) is 2.52. The maximum absolute atomic E-state index is 11.9. The molecule has 0 radical (unpaired) electrons. The number of methoxy groups -OCH3 is 2. The summed E-state index contributed by atoms with van der Waals surface area (Å²) in [4.78, 5) is 34.9. The van der Waals surface area contributed by atoms with Crippen LogP contribution in [0.25, 0.3) is 0 Å². The molecule has 0 aliphatic heterocycles. The Balaban J connectivity index is 2.10. The quantitative estimate of drug-likeness (QED) is 0.719. The molecule has 11 heteroatoms. The maximum atomic E-state index is 11.9. The zero-order chi connectivity index (χ0) is 17.5. The molecule has 1 amide bonds. The average molecular weight is 353 g/mol. The van der Waals surface area contributed by atoms with Crippen LogP contribution in [0.15, 0.2) is 17.8 Å². The van der Waals surface area contributed by atoms with Crippen molar-refractivity contribution in [3.05, 3.63) is 23.5 Å². The minimum Gasteiger partial charge on any atom is -0.469 e. The number of esters is 2. The number of nitrogens with zero attached hydrogens (tertiary/aromatic N) is 4. The Labute approximate surface area is 140 Å². The SMILES string of the molecule is COC(=O)CC(CC(=O)OC)n1cc(NC(=O)c2csnn2)cn1. The van der Waals surface area contributed by atoms with E-state index in [4.69, 9.17) is 0 Å². The fraction of sp³-hybridized carbons (Fsp3) is 0.385. The van der Waals surface area contributed by atoms with Gasteiger partial charge >= 0.3 is 11.9 Å². The van der Waals surface area contributed by atoms with Crippen LogP contribution in [0.2, 0.25) is 0 Å². The first-order valence-electron chi connectivity index (χ1n) is 6.79. The molecular formula is C13H15N5O5S. The number of rotatable bonds is 7. The molecule has 128 valence electrons. The van der Waals surface area contributed by atoms with Gasteiger partial charge in [0.25, 0.3) is 5.91 Å². The van der Waals surface area contributed by atoms with Gasteiger partial charge in [0, 0.05) is 11.6 Å². The second-order valence-electron chi connectivity index (χ2n) is 4.67. The highest BCUT2D eigenvalue weighted by molar-refractivity contribution is 7.03. The fourth-order valence-corrected chi connectivity index (χ4v) is 2.31. The molecule has 0 aliphatic carbocycles. The molecule has 1 N–H and O–H groups in total. The van der Waals surface area contributed by atoms with Crippen LogP contribution in [0.3, 0.4) is 0 Å². The molecule has 0 aromatic carbocycles. The number of carbonyl (C=O) groups is 3. The smallest absolute Gasteiger partial charge is 0.307 e. The molecule has 24 heavy (non-hydrogen) atoms. The lowest BCUT2D eigenvalue weighted by Gasteiger charge is -2.15. The minimum atomic E-state index is -0.587. The predicted molar refractivity (Wildman–Crippen MR) is 82.4 cm³/mol. The van der Waals surface area contributed by atoms with Gasteiger partial charge in [-0.1, -0.05) is 4.49 Å². The highest BCUT2D eigenvalue weighted by atomic mass is 32.1. The Kier molecular flexibility index (Phi) is 5.95. The number of ether oxygens (including phenoxy) is 2. The van der Waals surface area contributed by atoms with E-state index in [1.165, 1.54) is 36.7 Å². The second kappa shape index (κ2) is 8.15.